The van der Waals surface area contributed by atoms with Crippen molar-refractivity contribution in [3.63, 3.8) is 0 Å². The van der Waals surface area contributed by atoms with Crippen molar-refractivity contribution in [2.24, 2.45) is 0 Å². The molecule has 0 N–H and O–H groups in total. The fourth-order valence-corrected chi connectivity index (χ4v) is 2.40. The largest absolute Gasteiger partial charge is 0.497 e. The van der Waals surface area contributed by atoms with Gasteiger partial charge in [0.05, 0.1) is 16.4 Å². The van der Waals surface area contributed by atoms with E-state index in [4.69, 9.17) is 16.3 Å². The van der Waals surface area contributed by atoms with Crippen molar-refractivity contribution in [3.8, 4) is 17.1 Å². The van der Waals surface area contributed by atoms with Gasteiger partial charge in [-0.25, -0.2) is 9.97 Å². The molecule has 3 nitrogen and oxygen atoms in total. The molecule has 0 spiro atoms. The van der Waals surface area contributed by atoms with Gasteiger partial charge in [-0.05, 0) is 41.1 Å². The Kier molecular flexibility index (Phi) is 4.40. The Morgan fingerprint density at radius 1 is 1.33 bits per heavy atom. The van der Waals surface area contributed by atoms with Gasteiger partial charge in [0.1, 0.15) is 10.9 Å². The van der Waals surface area contributed by atoms with Crippen LogP contribution in [-0.2, 0) is 6.42 Å². The average molecular weight is 375 g/mol. The molecule has 0 fully saturated rings. The molecule has 0 saturated carbocycles. The number of halogens is 2. The van der Waals surface area contributed by atoms with Crippen molar-refractivity contribution in [1.29, 1.82) is 0 Å². The summed E-state index contributed by atoms with van der Waals surface area (Å²) in [7, 11) is 1.64. The number of benzene rings is 1. The predicted octanol–water partition coefficient (Wildman–Crippen LogP) is 3.97. The van der Waals surface area contributed by atoms with E-state index < -0.39 is 0 Å². The van der Waals surface area contributed by atoms with Gasteiger partial charge in [-0.1, -0.05) is 30.7 Å². The van der Waals surface area contributed by atoms with Crippen LogP contribution in [0.3, 0.4) is 0 Å². The minimum absolute atomic E-state index is 0.500. The second-order valence-electron chi connectivity index (χ2n) is 3.68. The van der Waals surface area contributed by atoms with E-state index in [1.54, 1.807) is 7.11 Å². The summed E-state index contributed by atoms with van der Waals surface area (Å²) in [6, 6.07) is 7.64. The number of hydrogen-bond acceptors (Lipinski definition) is 3. The summed E-state index contributed by atoms with van der Waals surface area (Å²) >= 11 is 8.30. The van der Waals surface area contributed by atoms with Crippen LogP contribution in [0.4, 0.5) is 0 Å². The maximum atomic E-state index is 6.13. The molecule has 1 aromatic heterocycles. The van der Waals surface area contributed by atoms with Gasteiger partial charge in [0, 0.05) is 5.56 Å². The molecule has 1 aromatic carbocycles. The molecule has 0 atom stereocenters. The van der Waals surface area contributed by atoms with E-state index in [0.717, 1.165) is 27.0 Å². The SMILES string of the molecule is CCc1nc(-c2cccc(OC)c2)nc(Cl)c1I. The molecule has 2 rings (SSSR count). The zero-order valence-electron chi connectivity index (χ0n) is 10.1. The highest BCUT2D eigenvalue weighted by Crippen LogP contribution is 2.26. The first kappa shape index (κ1) is 13.5. The Bertz CT molecular complexity index is 575. The van der Waals surface area contributed by atoms with Crippen LogP contribution in [-0.4, -0.2) is 17.1 Å². The Labute approximate surface area is 125 Å². The zero-order chi connectivity index (χ0) is 13.1. The maximum absolute atomic E-state index is 6.13. The van der Waals surface area contributed by atoms with E-state index >= 15 is 0 Å². The molecule has 5 heteroatoms. The van der Waals surface area contributed by atoms with Crippen LogP contribution in [0.15, 0.2) is 24.3 Å². The Hall–Kier alpha value is -0.880. The van der Waals surface area contributed by atoms with Crippen LogP contribution < -0.4 is 4.74 Å². The molecule has 0 bridgehead atoms. The normalized spacial score (nSPS) is 10.4. The smallest absolute Gasteiger partial charge is 0.161 e. The van der Waals surface area contributed by atoms with Gasteiger partial charge in [-0.2, -0.15) is 0 Å². The van der Waals surface area contributed by atoms with Crippen LogP contribution in [0.5, 0.6) is 5.75 Å². The minimum Gasteiger partial charge on any atom is -0.497 e. The van der Waals surface area contributed by atoms with Gasteiger partial charge in [0.2, 0.25) is 0 Å². The quantitative estimate of drug-likeness (QED) is 0.602. The summed E-state index contributed by atoms with van der Waals surface area (Å²) in [6.45, 7) is 2.05. The number of nitrogens with zero attached hydrogens (tertiary/aromatic N) is 2. The van der Waals surface area contributed by atoms with Crippen LogP contribution in [0.1, 0.15) is 12.6 Å². The van der Waals surface area contributed by atoms with E-state index in [2.05, 4.69) is 39.5 Å². The predicted molar refractivity (Wildman–Crippen MR) is 81.1 cm³/mol. The lowest BCUT2D eigenvalue weighted by Gasteiger charge is -2.07. The third-order valence-electron chi connectivity index (χ3n) is 2.54. The molecule has 18 heavy (non-hydrogen) atoms. The molecule has 1 heterocycles. The second-order valence-corrected chi connectivity index (χ2v) is 5.12. The monoisotopic (exact) mass is 374 g/mol. The zero-order valence-corrected chi connectivity index (χ0v) is 13.0. The van der Waals surface area contributed by atoms with Crippen molar-refractivity contribution < 1.29 is 4.74 Å². The van der Waals surface area contributed by atoms with E-state index in [1.165, 1.54) is 0 Å². The van der Waals surface area contributed by atoms with Gasteiger partial charge in [0.25, 0.3) is 0 Å². The minimum atomic E-state index is 0.500. The van der Waals surface area contributed by atoms with Gasteiger partial charge in [-0.15, -0.1) is 0 Å². The van der Waals surface area contributed by atoms with E-state index in [0.29, 0.717) is 11.0 Å². The molecule has 0 amide bonds. The van der Waals surface area contributed by atoms with Crippen LogP contribution in [0.25, 0.3) is 11.4 Å². The lowest BCUT2D eigenvalue weighted by atomic mass is 10.2. The van der Waals surface area contributed by atoms with Crippen molar-refractivity contribution in [2.75, 3.05) is 7.11 Å². The third kappa shape index (κ3) is 2.75. The molecule has 2 aromatic rings. The standard InChI is InChI=1S/C13H12ClIN2O/c1-3-10-11(15)12(14)17-13(16-10)8-5-4-6-9(7-8)18-2/h4-7H,3H2,1-2H3. The number of aromatic nitrogens is 2. The van der Waals surface area contributed by atoms with E-state index in [-0.39, 0.29) is 0 Å². The third-order valence-corrected chi connectivity index (χ3v) is 4.27. The highest BCUT2D eigenvalue weighted by atomic mass is 127. The number of methoxy groups -OCH3 is 1. The molecule has 0 radical (unpaired) electrons. The molecule has 94 valence electrons. The summed E-state index contributed by atoms with van der Waals surface area (Å²) in [5, 5.41) is 0.500. The average Bonchev–Trinajstić information content (AvgIpc) is 2.41. The Morgan fingerprint density at radius 2 is 2.11 bits per heavy atom. The maximum Gasteiger partial charge on any atom is 0.161 e. The van der Waals surface area contributed by atoms with E-state index in [9.17, 15) is 0 Å². The molecule has 0 aliphatic heterocycles. The first-order valence-corrected chi connectivity index (χ1v) is 6.97. The van der Waals surface area contributed by atoms with Gasteiger partial charge >= 0.3 is 0 Å². The topological polar surface area (TPSA) is 35.0 Å². The number of rotatable bonds is 3. The molecular weight excluding hydrogens is 363 g/mol. The summed E-state index contributed by atoms with van der Waals surface area (Å²) in [5.41, 5.74) is 1.87. The number of ether oxygens (including phenoxy) is 1. The number of hydrogen-bond donors (Lipinski definition) is 0. The molecule has 0 aliphatic carbocycles. The first-order valence-electron chi connectivity index (χ1n) is 5.52. The lowest BCUT2D eigenvalue weighted by Crippen LogP contribution is -1.99. The molecule has 0 unspecified atom stereocenters. The summed E-state index contributed by atoms with van der Waals surface area (Å²) in [4.78, 5) is 8.86. The van der Waals surface area contributed by atoms with Gasteiger partial charge in [-0.3, -0.25) is 0 Å². The molecule has 0 saturated heterocycles. The lowest BCUT2D eigenvalue weighted by molar-refractivity contribution is 0.415. The Morgan fingerprint density at radius 3 is 2.78 bits per heavy atom. The van der Waals surface area contributed by atoms with Crippen LogP contribution in [0, 0.1) is 3.57 Å². The first-order chi connectivity index (χ1) is 8.65. The summed E-state index contributed by atoms with van der Waals surface area (Å²) in [5.74, 6) is 1.42. The van der Waals surface area contributed by atoms with Crippen molar-refractivity contribution in [2.45, 2.75) is 13.3 Å². The molecular formula is C13H12ClIN2O. The van der Waals surface area contributed by atoms with Gasteiger partial charge < -0.3 is 4.74 Å². The second kappa shape index (κ2) is 5.84. The van der Waals surface area contributed by atoms with Gasteiger partial charge in [0.15, 0.2) is 5.82 Å². The van der Waals surface area contributed by atoms with Crippen molar-refractivity contribution in [3.05, 3.63) is 38.7 Å². The fraction of sp³-hybridized carbons (Fsp3) is 0.231. The highest BCUT2D eigenvalue weighted by Gasteiger charge is 2.11. The van der Waals surface area contributed by atoms with Crippen molar-refractivity contribution >= 4 is 34.2 Å². The summed E-state index contributed by atoms with van der Waals surface area (Å²) in [6.07, 6.45) is 0.831. The summed E-state index contributed by atoms with van der Waals surface area (Å²) < 4.78 is 6.12. The Balaban J connectivity index is 2.53. The molecule has 0 aliphatic rings. The highest BCUT2D eigenvalue weighted by molar-refractivity contribution is 14.1. The van der Waals surface area contributed by atoms with Crippen LogP contribution in [0.2, 0.25) is 5.15 Å². The van der Waals surface area contributed by atoms with Crippen molar-refractivity contribution in [1.82, 2.24) is 9.97 Å². The number of aryl methyl sites for hydroxylation is 1. The van der Waals surface area contributed by atoms with Crippen LogP contribution >= 0.6 is 34.2 Å². The fourth-order valence-electron chi connectivity index (χ4n) is 1.59. The van der Waals surface area contributed by atoms with E-state index in [1.807, 2.05) is 24.3 Å².